The molecule has 0 spiro atoms. The highest BCUT2D eigenvalue weighted by molar-refractivity contribution is 5.78. The van der Waals surface area contributed by atoms with Crippen LogP contribution in [0.4, 0.5) is 0 Å². The highest BCUT2D eigenvalue weighted by Gasteiger charge is 2.11. The molecule has 2 N–H and O–H groups in total. The second-order valence-electron chi connectivity index (χ2n) is 5.97. The lowest BCUT2D eigenvalue weighted by Gasteiger charge is -2.11. The van der Waals surface area contributed by atoms with Crippen molar-refractivity contribution in [2.24, 2.45) is 5.73 Å². The third-order valence-corrected chi connectivity index (χ3v) is 4.20. The SMILES string of the molecule is Cc1cccc(OCCn2c(CN)nc3cc(C)c(C)cc32)c1. The van der Waals surface area contributed by atoms with E-state index in [2.05, 4.69) is 48.5 Å². The number of aromatic nitrogens is 2. The summed E-state index contributed by atoms with van der Waals surface area (Å²) in [6.07, 6.45) is 0. The van der Waals surface area contributed by atoms with E-state index in [1.807, 2.05) is 18.2 Å². The van der Waals surface area contributed by atoms with Crippen molar-refractivity contribution in [1.82, 2.24) is 9.55 Å². The summed E-state index contributed by atoms with van der Waals surface area (Å²) in [4.78, 5) is 4.66. The van der Waals surface area contributed by atoms with Crippen molar-refractivity contribution in [1.29, 1.82) is 0 Å². The molecule has 0 saturated carbocycles. The van der Waals surface area contributed by atoms with Crippen LogP contribution < -0.4 is 10.5 Å². The highest BCUT2D eigenvalue weighted by atomic mass is 16.5. The van der Waals surface area contributed by atoms with Crippen LogP contribution in [0.1, 0.15) is 22.5 Å². The highest BCUT2D eigenvalue weighted by Crippen LogP contribution is 2.21. The zero-order chi connectivity index (χ0) is 16.4. The first-order valence-electron chi connectivity index (χ1n) is 7.94. The van der Waals surface area contributed by atoms with Gasteiger partial charge in [-0.25, -0.2) is 4.98 Å². The second-order valence-corrected chi connectivity index (χ2v) is 5.97. The van der Waals surface area contributed by atoms with Crippen LogP contribution in [0.3, 0.4) is 0 Å². The van der Waals surface area contributed by atoms with Crippen LogP contribution in [0.2, 0.25) is 0 Å². The number of aryl methyl sites for hydroxylation is 3. The molecule has 0 saturated heterocycles. The standard InChI is InChI=1S/C19H23N3O/c1-13-5-4-6-16(9-13)23-8-7-22-18-11-15(3)14(2)10-17(18)21-19(22)12-20/h4-6,9-11H,7-8,12,20H2,1-3H3. The molecule has 0 amide bonds. The molecule has 3 rings (SSSR count). The van der Waals surface area contributed by atoms with Crippen LogP contribution in [-0.4, -0.2) is 16.2 Å². The fraction of sp³-hybridized carbons (Fsp3) is 0.316. The van der Waals surface area contributed by atoms with E-state index in [9.17, 15) is 0 Å². The summed E-state index contributed by atoms with van der Waals surface area (Å²) >= 11 is 0. The minimum Gasteiger partial charge on any atom is -0.492 e. The maximum Gasteiger partial charge on any atom is 0.123 e. The summed E-state index contributed by atoms with van der Waals surface area (Å²) in [5.41, 5.74) is 11.7. The number of hydrogen-bond acceptors (Lipinski definition) is 3. The van der Waals surface area contributed by atoms with E-state index in [0.29, 0.717) is 13.2 Å². The average molecular weight is 309 g/mol. The Bertz CT molecular complexity index is 836. The van der Waals surface area contributed by atoms with Gasteiger partial charge in [0.25, 0.3) is 0 Å². The molecular weight excluding hydrogens is 286 g/mol. The van der Waals surface area contributed by atoms with Crippen LogP contribution >= 0.6 is 0 Å². The number of imidazole rings is 1. The van der Waals surface area contributed by atoms with Crippen molar-refractivity contribution in [3.05, 3.63) is 58.9 Å². The van der Waals surface area contributed by atoms with Gasteiger partial charge >= 0.3 is 0 Å². The zero-order valence-electron chi connectivity index (χ0n) is 14.0. The molecule has 0 fully saturated rings. The van der Waals surface area contributed by atoms with Crippen molar-refractivity contribution in [2.75, 3.05) is 6.61 Å². The molecule has 0 bridgehead atoms. The number of rotatable bonds is 5. The molecule has 4 nitrogen and oxygen atoms in total. The predicted molar refractivity (Wildman–Crippen MR) is 93.8 cm³/mol. The van der Waals surface area contributed by atoms with E-state index in [-0.39, 0.29) is 0 Å². The first-order chi connectivity index (χ1) is 11.1. The van der Waals surface area contributed by atoms with Crippen LogP contribution in [0.15, 0.2) is 36.4 Å². The van der Waals surface area contributed by atoms with Gasteiger partial charge in [-0.05, 0) is 61.7 Å². The maximum atomic E-state index is 5.87. The molecular formula is C19H23N3O. The molecule has 23 heavy (non-hydrogen) atoms. The number of nitrogens with zero attached hydrogens (tertiary/aromatic N) is 2. The second kappa shape index (κ2) is 6.42. The molecule has 0 aliphatic carbocycles. The quantitative estimate of drug-likeness (QED) is 0.785. The summed E-state index contributed by atoms with van der Waals surface area (Å²) in [5.74, 6) is 1.80. The average Bonchev–Trinajstić information content (AvgIpc) is 2.85. The van der Waals surface area contributed by atoms with Gasteiger partial charge in [0.2, 0.25) is 0 Å². The minimum absolute atomic E-state index is 0.428. The summed E-state index contributed by atoms with van der Waals surface area (Å²) in [6, 6.07) is 12.4. The normalized spacial score (nSPS) is 11.1. The van der Waals surface area contributed by atoms with E-state index in [4.69, 9.17) is 10.5 Å². The van der Waals surface area contributed by atoms with Crippen LogP contribution in [-0.2, 0) is 13.1 Å². The van der Waals surface area contributed by atoms with E-state index >= 15 is 0 Å². The van der Waals surface area contributed by atoms with Crippen molar-refractivity contribution in [3.63, 3.8) is 0 Å². The van der Waals surface area contributed by atoms with Crippen LogP contribution in [0.25, 0.3) is 11.0 Å². The van der Waals surface area contributed by atoms with Gasteiger partial charge < -0.3 is 15.0 Å². The first kappa shape index (κ1) is 15.6. The van der Waals surface area contributed by atoms with Crippen molar-refractivity contribution in [3.8, 4) is 5.75 Å². The zero-order valence-corrected chi connectivity index (χ0v) is 14.0. The van der Waals surface area contributed by atoms with E-state index in [1.165, 1.54) is 16.7 Å². The van der Waals surface area contributed by atoms with Crippen molar-refractivity contribution >= 4 is 11.0 Å². The number of ether oxygens (including phenoxy) is 1. The molecule has 0 radical (unpaired) electrons. The van der Waals surface area contributed by atoms with Gasteiger partial charge in [-0.15, -0.1) is 0 Å². The van der Waals surface area contributed by atoms with Crippen molar-refractivity contribution < 1.29 is 4.74 Å². The van der Waals surface area contributed by atoms with Gasteiger partial charge in [-0.3, -0.25) is 0 Å². The Labute approximate surface area is 136 Å². The smallest absolute Gasteiger partial charge is 0.123 e. The monoisotopic (exact) mass is 309 g/mol. The van der Waals surface area contributed by atoms with E-state index in [0.717, 1.165) is 29.2 Å². The fourth-order valence-corrected chi connectivity index (χ4v) is 2.80. The Morgan fingerprint density at radius 1 is 1.09 bits per heavy atom. The van der Waals surface area contributed by atoms with Gasteiger partial charge in [-0.2, -0.15) is 0 Å². The fourth-order valence-electron chi connectivity index (χ4n) is 2.80. The lowest BCUT2D eigenvalue weighted by Crippen LogP contribution is -2.13. The topological polar surface area (TPSA) is 53.1 Å². The maximum absolute atomic E-state index is 5.87. The molecule has 0 unspecified atom stereocenters. The summed E-state index contributed by atoms with van der Waals surface area (Å²) in [5, 5.41) is 0. The van der Waals surface area contributed by atoms with Crippen LogP contribution in [0.5, 0.6) is 5.75 Å². The third-order valence-electron chi connectivity index (χ3n) is 4.20. The molecule has 4 heteroatoms. The molecule has 1 heterocycles. The van der Waals surface area contributed by atoms with E-state index in [1.54, 1.807) is 0 Å². The Kier molecular flexibility index (Phi) is 4.35. The molecule has 2 aromatic carbocycles. The third kappa shape index (κ3) is 3.22. The minimum atomic E-state index is 0.428. The van der Waals surface area contributed by atoms with Crippen LogP contribution in [0, 0.1) is 20.8 Å². The Morgan fingerprint density at radius 3 is 2.61 bits per heavy atom. The molecule has 0 atom stereocenters. The van der Waals surface area contributed by atoms with Gasteiger partial charge in [0.1, 0.15) is 18.2 Å². The number of fused-ring (bicyclic) bond motifs is 1. The van der Waals surface area contributed by atoms with E-state index < -0.39 is 0 Å². The molecule has 3 aromatic rings. The molecule has 120 valence electrons. The summed E-state index contributed by atoms with van der Waals surface area (Å²) < 4.78 is 8.04. The summed E-state index contributed by atoms with van der Waals surface area (Å²) in [6.45, 7) is 8.05. The number of benzene rings is 2. The summed E-state index contributed by atoms with van der Waals surface area (Å²) in [7, 11) is 0. The lowest BCUT2D eigenvalue weighted by molar-refractivity contribution is 0.298. The largest absolute Gasteiger partial charge is 0.492 e. The number of nitrogens with two attached hydrogens (primary N) is 1. The van der Waals surface area contributed by atoms with Gasteiger partial charge in [0.15, 0.2) is 0 Å². The first-order valence-corrected chi connectivity index (χ1v) is 7.94. The molecule has 1 aromatic heterocycles. The van der Waals surface area contributed by atoms with Gasteiger partial charge in [0.05, 0.1) is 24.1 Å². The Balaban J connectivity index is 1.82. The number of hydrogen-bond donors (Lipinski definition) is 1. The predicted octanol–water partition coefficient (Wildman–Crippen LogP) is 3.50. The Hall–Kier alpha value is -2.33. The molecule has 0 aliphatic rings. The van der Waals surface area contributed by atoms with Crippen molar-refractivity contribution in [2.45, 2.75) is 33.9 Å². The van der Waals surface area contributed by atoms with Gasteiger partial charge in [0, 0.05) is 0 Å². The Morgan fingerprint density at radius 2 is 1.87 bits per heavy atom. The molecule has 0 aliphatic heterocycles. The lowest BCUT2D eigenvalue weighted by atomic mass is 10.1. The van der Waals surface area contributed by atoms with Gasteiger partial charge in [-0.1, -0.05) is 12.1 Å².